The van der Waals surface area contributed by atoms with E-state index >= 15 is 0 Å². The number of rotatable bonds is 19. The lowest BCUT2D eigenvalue weighted by Crippen LogP contribution is -2.16. The van der Waals surface area contributed by atoms with Crippen LogP contribution in [0.15, 0.2) is 24.3 Å². The van der Waals surface area contributed by atoms with Gasteiger partial charge in [-0.2, -0.15) is 0 Å². The third kappa shape index (κ3) is 10.2. The number of fused-ring (bicyclic) bond motifs is 2. The molecule has 0 radical (unpaired) electrons. The minimum absolute atomic E-state index is 0.0744. The molecule has 0 bridgehead atoms. The molecular weight excluding hydrogens is 539 g/mol. The van der Waals surface area contributed by atoms with E-state index in [1.807, 2.05) is 0 Å². The molecule has 0 amide bonds. The van der Waals surface area contributed by atoms with Crippen LogP contribution in [0.2, 0.25) is 0 Å². The molecule has 0 aliphatic carbocycles. The van der Waals surface area contributed by atoms with Gasteiger partial charge in [0, 0.05) is 17.0 Å². The molecule has 2 aromatic rings. The van der Waals surface area contributed by atoms with Gasteiger partial charge in [-0.05, 0) is 80.0 Å². The summed E-state index contributed by atoms with van der Waals surface area (Å²) in [7, 11) is -4.38. The van der Waals surface area contributed by atoms with Gasteiger partial charge in [0.1, 0.15) is 11.5 Å². The van der Waals surface area contributed by atoms with E-state index in [0.29, 0.717) is 11.5 Å². The van der Waals surface area contributed by atoms with Gasteiger partial charge in [-0.1, -0.05) is 123 Å². The van der Waals surface area contributed by atoms with Crippen LogP contribution in [0.5, 0.6) is 11.5 Å². The van der Waals surface area contributed by atoms with Crippen LogP contribution >= 0.6 is 7.82 Å². The normalized spacial score (nSPS) is 18.0. The molecule has 0 aromatic heterocycles. The van der Waals surface area contributed by atoms with Crippen LogP contribution in [0.4, 0.5) is 0 Å². The fraction of sp³-hybridized carbons (Fsp3) is 0.676. The van der Waals surface area contributed by atoms with Crippen molar-refractivity contribution in [2.45, 2.75) is 163 Å². The van der Waals surface area contributed by atoms with E-state index in [-0.39, 0.29) is 5.92 Å². The second-order valence-electron chi connectivity index (χ2n) is 12.5. The van der Waals surface area contributed by atoms with Crippen LogP contribution in [0.3, 0.4) is 0 Å². The third-order valence-corrected chi connectivity index (χ3v) is 9.58. The Balaban J connectivity index is 2.23. The predicted molar refractivity (Wildman–Crippen MR) is 178 cm³/mol. The zero-order chi connectivity index (χ0) is 30.4. The zero-order valence-electron chi connectivity index (χ0n) is 27.4. The minimum Gasteiger partial charge on any atom is -0.395 e. The second-order valence-corrected chi connectivity index (χ2v) is 13.8. The van der Waals surface area contributed by atoms with Gasteiger partial charge >= 0.3 is 7.82 Å². The summed E-state index contributed by atoms with van der Waals surface area (Å²) in [4.78, 5) is 11.2. The average molecular weight is 599 g/mol. The maximum atomic E-state index is 13.7. The molecule has 0 unspecified atom stereocenters. The fourth-order valence-electron chi connectivity index (χ4n) is 6.32. The Labute approximate surface area is 257 Å². The Kier molecular flexibility index (Phi) is 15.0. The first-order chi connectivity index (χ1) is 20.4. The Morgan fingerprint density at radius 2 is 0.976 bits per heavy atom. The number of benzene rings is 2. The molecule has 5 heteroatoms. The van der Waals surface area contributed by atoms with Gasteiger partial charge in [0.2, 0.25) is 0 Å². The van der Waals surface area contributed by atoms with Gasteiger partial charge in [0.25, 0.3) is 0 Å². The van der Waals surface area contributed by atoms with Gasteiger partial charge in [-0.25, -0.2) is 4.57 Å². The van der Waals surface area contributed by atoms with E-state index in [4.69, 9.17) is 9.05 Å². The van der Waals surface area contributed by atoms with E-state index in [0.717, 1.165) is 112 Å². The Morgan fingerprint density at radius 3 is 1.43 bits per heavy atom. The highest BCUT2D eigenvalue weighted by Crippen LogP contribution is 2.55. The molecule has 1 aliphatic heterocycles. The Hall–Kier alpha value is -1.77. The standard InChI is InChI=1S/C37H59O4P/c1-6-11-16-17-18-19-24-33-34-27-29(20-12-7-2)25-31(22-14-9-4)36(34)40-42(38,39)41-37-32(23-15-10-5)26-30(21-13-8-3)28-35(33)37/h25-28,33H,6-24H2,1-5H3,(H,38,39). The average Bonchev–Trinajstić information content (AvgIpc) is 2.97. The lowest BCUT2D eigenvalue weighted by molar-refractivity contribution is 0.282. The van der Waals surface area contributed by atoms with Crippen LogP contribution in [-0.2, 0) is 30.2 Å². The van der Waals surface area contributed by atoms with Gasteiger partial charge in [0.15, 0.2) is 0 Å². The largest absolute Gasteiger partial charge is 0.584 e. The van der Waals surface area contributed by atoms with Crippen molar-refractivity contribution >= 4 is 7.82 Å². The lowest BCUT2D eigenvalue weighted by Gasteiger charge is -2.31. The fourth-order valence-corrected chi connectivity index (χ4v) is 7.26. The smallest absolute Gasteiger partial charge is 0.395 e. The highest BCUT2D eigenvalue weighted by atomic mass is 31.2. The first kappa shape index (κ1) is 34.7. The van der Waals surface area contributed by atoms with Gasteiger partial charge < -0.3 is 9.05 Å². The van der Waals surface area contributed by atoms with Crippen LogP contribution in [-0.4, -0.2) is 4.89 Å². The third-order valence-electron chi connectivity index (χ3n) is 8.76. The number of phosphoric acid groups is 1. The molecule has 0 atom stereocenters. The SMILES string of the molecule is CCCCCCCCC1c2cc(CCCC)cc(CCCC)c2OP(=O)(O)Oc2c(CCCC)cc(CCCC)cc21. The van der Waals surface area contributed by atoms with E-state index in [9.17, 15) is 9.46 Å². The van der Waals surface area contributed by atoms with Crippen molar-refractivity contribution in [3.05, 3.63) is 57.6 Å². The number of phosphoric ester groups is 1. The predicted octanol–water partition coefficient (Wildman–Crippen LogP) is 11.8. The van der Waals surface area contributed by atoms with Crippen molar-refractivity contribution in [1.82, 2.24) is 0 Å². The molecule has 0 saturated heterocycles. The minimum atomic E-state index is -4.38. The van der Waals surface area contributed by atoms with E-state index < -0.39 is 7.82 Å². The molecule has 236 valence electrons. The Bertz CT molecular complexity index is 1060. The summed E-state index contributed by atoms with van der Waals surface area (Å²) in [6.45, 7) is 11.1. The molecule has 1 heterocycles. The first-order valence-electron chi connectivity index (χ1n) is 17.4. The topological polar surface area (TPSA) is 55.8 Å². The summed E-state index contributed by atoms with van der Waals surface area (Å²) in [5, 5.41) is 0. The quantitative estimate of drug-likeness (QED) is 0.129. The van der Waals surface area contributed by atoms with Crippen molar-refractivity contribution in [3.63, 3.8) is 0 Å². The molecule has 1 aliphatic rings. The van der Waals surface area contributed by atoms with E-state index in [1.54, 1.807) is 0 Å². The molecule has 3 rings (SSSR count). The summed E-state index contributed by atoms with van der Waals surface area (Å²) in [6, 6.07) is 9.08. The first-order valence-corrected chi connectivity index (χ1v) is 18.9. The summed E-state index contributed by atoms with van der Waals surface area (Å²) in [6.07, 6.45) is 20.9. The van der Waals surface area contributed by atoms with Crippen molar-refractivity contribution in [2.75, 3.05) is 0 Å². The van der Waals surface area contributed by atoms with Crippen LogP contribution in [0.1, 0.15) is 170 Å². The number of hydrogen-bond acceptors (Lipinski definition) is 3. The molecular formula is C37H59O4P. The summed E-state index contributed by atoms with van der Waals surface area (Å²) >= 11 is 0. The van der Waals surface area contributed by atoms with Gasteiger partial charge in [0.05, 0.1) is 0 Å². The van der Waals surface area contributed by atoms with Crippen LogP contribution in [0.25, 0.3) is 0 Å². The summed E-state index contributed by atoms with van der Waals surface area (Å²) in [5.41, 5.74) is 6.95. The van der Waals surface area contributed by atoms with Crippen molar-refractivity contribution in [3.8, 4) is 11.5 Å². The highest BCUT2D eigenvalue weighted by Gasteiger charge is 2.37. The van der Waals surface area contributed by atoms with E-state index in [2.05, 4.69) is 58.9 Å². The van der Waals surface area contributed by atoms with Gasteiger partial charge in [-0.3, -0.25) is 4.89 Å². The Morgan fingerprint density at radius 1 is 0.571 bits per heavy atom. The summed E-state index contributed by atoms with van der Waals surface area (Å²) in [5.74, 6) is 1.28. The molecule has 0 fully saturated rings. The van der Waals surface area contributed by atoms with Crippen LogP contribution in [0, 0.1) is 0 Å². The van der Waals surface area contributed by atoms with Gasteiger partial charge in [-0.15, -0.1) is 0 Å². The van der Waals surface area contributed by atoms with Crippen molar-refractivity contribution in [2.24, 2.45) is 0 Å². The maximum Gasteiger partial charge on any atom is 0.584 e. The highest BCUT2D eigenvalue weighted by molar-refractivity contribution is 7.48. The second kappa shape index (κ2) is 18.1. The number of aryl methyl sites for hydroxylation is 4. The molecule has 0 spiro atoms. The zero-order valence-corrected chi connectivity index (χ0v) is 28.3. The van der Waals surface area contributed by atoms with Crippen LogP contribution < -0.4 is 9.05 Å². The number of unbranched alkanes of at least 4 members (excludes halogenated alkanes) is 9. The summed E-state index contributed by atoms with van der Waals surface area (Å²) < 4.78 is 25.9. The monoisotopic (exact) mass is 598 g/mol. The molecule has 1 N–H and O–H groups in total. The van der Waals surface area contributed by atoms with Crippen molar-refractivity contribution in [1.29, 1.82) is 0 Å². The lowest BCUT2D eigenvalue weighted by atomic mass is 9.81. The number of hydrogen-bond donors (Lipinski definition) is 1. The molecule has 42 heavy (non-hydrogen) atoms. The molecule has 4 nitrogen and oxygen atoms in total. The maximum absolute atomic E-state index is 13.7. The van der Waals surface area contributed by atoms with E-state index in [1.165, 1.54) is 43.2 Å². The van der Waals surface area contributed by atoms with Crippen molar-refractivity contribution < 1.29 is 18.5 Å². The molecule has 0 saturated carbocycles. The molecule has 2 aromatic carbocycles.